The lowest BCUT2D eigenvalue weighted by molar-refractivity contribution is -0.355. The second kappa shape index (κ2) is 3.99. The lowest BCUT2D eigenvalue weighted by atomic mass is 10.0. The number of nitrogens with zero attached hydrogens (tertiary/aromatic N) is 1. The highest BCUT2D eigenvalue weighted by molar-refractivity contribution is 9.10. The molecule has 0 amide bonds. The van der Waals surface area contributed by atoms with Crippen LogP contribution in [0.4, 0.5) is 13.2 Å². The molecule has 1 unspecified atom stereocenters. The average molecular weight is 310 g/mol. The maximum Gasteiger partial charge on any atom is 0.458 e. The molecule has 1 N–H and O–H groups in total. The van der Waals surface area contributed by atoms with Crippen LogP contribution in [0.2, 0.25) is 0 Å². The van der Waals surface area contributed by atoms with Crippen molar-refractivity contribution in [1.82, 2.24) is 0 Å². The molecule has 7 heteroatoms. The molecule has 17 heavy (non-hydrogen) atoms. The fourth-order valence-electron chi connectivity index (χ4n) is 1.40. The first kappa shape index (κ1) is 12.4. The molecular weight excluding hydrogens is 303 g/mol. The molecule has 0 aromatic heterocycles. The van der Waals surface area contributed by atoms with Gasteiger partial charge in [-0.05, 0) is 12.1 Å². The molecule has 1 aromatic rings. The van der Waals surface area contributed by atoms with E-state index in [1.165, 1.54) is 0 Å². The fourth-order valence-corrected chi connectivity index (χ4v) is 1.80. The van der Waals surface area contributed by atoms with Crippen molar-refractivity contribution in [2.24, 2.45) is 5.16 Å². The fraction of sp³-hybridized carbons (Fsp3) is 0.300. The van der Waals surface area contributed by atoms with Gasteiger partial charge in [-0.15, -0.1) is 0 Å². The minimum Gasteiger partial charge on any atom is -0.350 e. The topological polar surface area (TPSA) is 41.8 Å². The van der Waals surface area contributed by atoms with Crippen LogP contribution in [-0.2, 0) is 4.84 Å². The van der Waals surface area contributed by atoms with Gasteiger partial charge in [-0.1, -0.05) is 33.2 Å². The summed E-state index contributed by atoms with van der Waals surface area (Å²) >= 11 is 3.20. The van der Waals surface area contributed by atoms with Crippen molar-refractivity contribution >= 4 is 21.6 Å². The van der Waals surface area contributed by atoms with Gasteiger partial charge in [0.1, 0.15) is 0 Å². The van der Waals surface area contributed by atoms with Crippen LogP contribution in [0.1, 0.15) is 12.0 Å². The SMILES string of the molecule is OC1(C(F)(F)F)CC(c2cccc(Br)c2)=NO1. The molecular formula is C10H7BrF3NO2. The lowest BCUT2D eigenvalue weighted by Gasteiger charge is -2.22. The second-order valence-electron chi connectivity index (χ2n) is 3.60. The predicted octanol–water partition coefficient (Wildman–Crippen LogP) is 2.82. The van der Waals surface area contributed by atoms with Crippen LogP contribution in [0.3, 0.4) is 0 Å². The van der Waals surface area contributed by atoms with Crippen molar-refractivity contribution in [3.8, 4) is 0 Å². The minimum atomic E-state index is -4.87. The summed E-state index contributed by atoms with van der Waals surface area (Å²) in [4.78, 5) is 4.11. The Kier molecular flexibility index (Phi) is 2.90. The van der Waals surface area contributed by atoms with E-state index in [-0.39, 0.29) is 5.71 Å². The summed E-state index contributed by atoms with van der Waals surface area (Å²) in [7, 11) is 0. The van der Waals surface area contributed by atoms with Gasteiger partial charge in [-0.25, -0.2) is 0 Å². The molecule has 2 rings (SSSR count). The molecule has 3 nitrogen and oxygen atoms in total. The predicted molar refractivity (Wildman–Crippen MR) is 57.4 cm³/mol. The van der Waals surface area contributed by atoms with E-state index >= 15 is 0 Å². The maximum atomic E-state index is 12.5. The number of alkyl halides is 3. The van der Waals surface area contributed by atoms with Crippen molar-refractivity contribution in [3.05, 3.63) is 34.3 Å². The number of hydrogen-bond donors (Lipinski definition) is 1. The van der Waals surface area contributed by atoms with Gasteiger partial charge in [0.05, 0.1) is 12.1 Å². The van der Waals surface area contributed by atoms with E-state index in [1.807, 2.05) is 0 Å². The maximum absolute atomic E-state index is 12.5. The normalized spacial score (nSPS) is 24.4. The summed E-state index contributed by atoms with van der Waals surface area (Å²) in [6.45, 7) is 0. The molecule has 0 bridgehead atoms. The zero-order valence-corrected chi connectivity index (χ0v) is 9.92. The van der Waals surface area contributed by atoms with Gasteiger partial charge in [0.25, 0.3) is 0 Å². The van der Waals surface area contributed by atoms with Gasteiger partial charge in [-0.3, -0.25) is 0 Å². The summed E-state index contributed by atoms with van der Waals surface area (Å²) in [5.41, 5.74) is 0.533. The van der Waals surface area contributed by atoms with Crippen LogP contribution in [0.5, 0.6) is 0 Å². The first-order chi connectivity index (χ1) is 7.82. The number of rotatable bonds is 1. The van der Waals surface area contributed by atoms with Crippen molar-refractivity contribution in [2.75, 3.05) is 0 Å². The Morgan fingerprint density at radius 1 is 1.41 bits per heavy atom. The number of aliphatic hydroxyl groups is 1. The first-order valence-corrected chi connectivity index (χ1v) is 5.41. The monoisotopic (exact) mass is 309 g/mol. The van der Waals surface area contributed by atoms with Crippen LogP contribution in [0, 0.1) is 0 Å². The third kappa shape index (κ3) is 2.30. The Morgan fingerprint density at radius 3 is 2.65 bits per heavy atom. The largest absolute Gasteiger partial charge is 0.458 e. The molecule has 0 fully saturated rings. The zero-order valence-electron chi connectivity index (χ0n) is 8.33. The molecule has 0 aliphatic carbocycles. The van der Waals surface area contributed by atoms with Crippen LogP contribution in [0.25, 0.3) is 0 Å². The number of benzene rings is 1. The Hall–Kier alpha value is -1.08. The lowest BCUT2D eigenvalue weighted by Crippen LogP contribution is -2.45. The molecule has 0 saturated heterocycles. The van der Waals surface area contributed by atoms with E-state index in [9.17, 15) is 18.3 Å². The third-order valence-electron chi connectivity index (χ3n) is 2.31. The zero-order chi connectivity index (χ0) is 12.7. The van der Waals surface area contributed by atoms with Gasteiger partial charge in [-0.2, -0.15) is 13.2 Å². The van der Waals surface area contributed by atoms with Gasteiger partial charge >= 0.3 is 12.0 Å². The Bertz CT molecular complexity index is 475. The van der Waals surface area contributed by atoms with E-state index in [0.29, 0.717) is 10.0 Å². The molecule has 0 spiro atoms. The molecule has 1 aliphatic rings. The van der Waals surface area contributed by atoms with Gasteiger partial charge in [0.15, 0.2) is 0 Å². The van der Waals surface area contributed by atoms with E-state index in [1.54, 1.807) is 24.3 Å². The number of halogens is 4. The van der Waals surface area contributed by atoms with Gasteiger partial charge in [0, 0.05) is 10.0 Å². The van der Waals surface area contributed by atoms with Crippen molar-refractivity contribution in [1.29, 1.82) is 0 Å². The van der Waals surface area contributed by atoms with Crippen LogP contribution >= 0.6 is 15.9 Å². The van der Waals surface area contributed by atoms with Crippen LogP contribution in [-0.4, -0.2) is 22.8 Å². The minimum absolute atomic E-state index is 0.0612. The average Bonchev–Trinajstić information content (AvgIpc) is 2.61. The van der Waals surface area contributed by atoms with Crippen molar-refractivity contribution in [2.45, 2.75) is 18.4 Å². The van der Waals surface area contributed by atoms with E-state index in [2.05, 4.69) is 25.9 Å². The highest BCUT2D eigenvalue weighted by Gasteiger charge is 2.60. The third-order valence-corrected chi connectivity index (χ3v) is 2.81. The second-order valence-corrected chi connectivity index (χ2v) is 4.51. The van der Waals surface area contributed by atoms with E-state index in [0.717, 1.165) is 0 Å². The van der Waals surface area contributed by atoms with Crippen LogP contribution in [0.15, 0.2) is 33.9 Å². The molecule has 1 aliphatic heterocycles. The van der Waals surface area contributed by atoms with Crippen LogP contribution < -0.4 is 0 Å². The molecule has 1 aromatic carbocycles. The van der Waals surface area contributed by atoms with Crippen molar-refractivity contribution < 1.29 is 23.1 Å². The Balaban J connectivity index is 2.23. The Morgan fingerprint density at radius 2 is 2.12 bits per heavy atom. The molecule has 92 valence electrons. The summed E-state index contributed by atoms with van der Waals surface area (Å²) < 4.78 is 38.1. The first-order valence-electron chi connectivity index (χ1n) is 4.62. The molecule has 1 atom stereocenters. The highest BCUT2D eigenvalue weighted by Crippen LogP contribution is 2.39. The number of oxime groups is 1. The molecule has 0 radical (unpaired) electrons. The summed E-state index contributed by atoms with van der Waals surface area (Å²) in [5.74, 6) is -3.22. The Labute approximate surface area is 103 Å². The van der Waals surface area contributed by atoms with E-state index < -0.39 is 18.4 Å². The van der Waals surface area contributed by atoms with Gasteiger partial charge in [0.2, 0.25) is 0 Å². The smallest absolute Gasteiger partial charge is 0.350 e. The summed E-state index contributed by atoms with van der Waals surface area (Å²) in [6.07, 6.45) is -5.59. The van der Waals surface area contributed by atoms with Gasteiger partial charge < -0.3 is 9.94 Å². The van der Waals surface area contributed by atoms with E-state index in [4.69, 9.17) is 0 Å². The van der Waals surface area contributed by atoms with Crippen molar-refractivity contribution in [3.63, 3.8) is 0 Å². The quantitative estimate of drug-likeness (QED) is 0.866. The summed E-state index contributed by atoms with van der Waals surface area (Å²) in [5, 5.41) is 12.5. The molecule has 0 saturated carbocycles. The standard InChI is InChI=1S/C10H7BrF3NO2/c11-7-3-1-2-6(4-7)8-5-9(16,17-15-8)10(12,13)14/h1-4,16H,5H2. The summed E-state index contributed by atoms with van der Waals surface area (Å²) in [6, 6.07) is 6.59. The number of hydrogen-bond acceptors (Lipinski definition) is 3. The highest BCUT2D eigenvalue weighted by atomic mass is 79.9. The molecule has 1 heterocycles.